The predicted octanol–water partition coefficient (Wildman–Crippen LogP) is 4.80. The Morgan fingerprint density at radius 1 is 1.08 bits per heavy atom. The first-order valence-electron chi connectivity index (χ1n) is 9.49. The first-order valence-corrected chi connectivity index (χ1v) is 11.2. The summed E-state index contributed by atoms with van der Waals surface area (Å²) in [5.41, 5.74) is 2.43. The standard InChI is InChI=1S/C21H29NO2S/c1-16(2)25(23,24)15-19-9-6-17(7-10-19)5-8-18-11-12-21-20(14-18)4-3-13-22-21/h3-4,11-14,16-17,19H,5-10,15H2,1-2H3. The van der Waals surface area contributed by atoms with E-state index >= 15 is 0 Å². The Morgan fingerprint density at radius 3 is 2.52 bits per heavy atom. The number of hydrogen-bond acceptors (Lipinski definition) is 3. The van der Waals surface area contributed by atoms with Crippen LogP contribution in [0.5, 0.6) is 0 Å². The monoisotopic (exact) mass is 359 g/mol. The molecule has 1 aliphatic carbocycles. The molecule has 0 unspecified atom stereocenters. The van der Waals surface area contributed by atoms with Crippen LogP contribution in [-0.4, -0.2) is 24.4 Å². The van der Waals surface area contributed by atoms with Gasteiger partial charge in [0.1, 0.15) is 0 Å². The van der Waals surface area contributed by atoms with E-state index in [2.05, 4.69) is 29.2 Å². The van der Waals surface area contributed by atoms with E-state index in [1.54, 1.807) is 13.8 Å². The number of pyridine rings is 1. The summed E-state index contributed by atoms with van der Waals surface area (Å²) in [4.78, 5) is 4.37. The molecule has 1 aromatic carbocycles. The van der Waals surface area contributed by atoms with Gasteiger partial charge in [-0.3, -0.25) is 4.98 Å². The Bertz CT molecular complexity index is 806. The van der Waals surface area contributed by atoms with Crippen molar-refractivity contribution in [2.75, 3.05) is 5.75 Å². The van der Waals surface area contributed by atoms with Gasteiger partial charge >= 0.3 is 0 Å². The minimum atomic E-state index is -2.90. The number of fused-ring (bicyclic) bond motifs is 1. The molecule has 0 radical (unpaired) electrons. The van der Waals surface area contributed by atoms with Gasteiger partial charge in [-0.05, 0) is 75.1 Å². The van der Waals surface area contributed by atoms with Crippen LogP contribution >= 0.6 is 0 Å². The molecule has 0 bridgehead atoms. The van der Waals surface area contributed by atoms with Crippen molar-refractivity contribution < 1.29 is 8.42 Å². The van der Waals surface area contributed by atoms with Gasteiger partial charge in [-0.25, -0.2) is 8.42 Å². The van der Waals surface area contributed by atoms with Gasteiger partial charge < -0.3 is 0 Å². The van der Waals surface area contributed by atoms with Crippen LogP contribution in [0.3, 0.4) is 0 Å². The highest BCUT2D eigenvalue weighted by Gasteiger charge is 2.27. The lowest BCUT2D eigenvalue weighted by Gasteiger charge is -2.28. The molecule has 0 N–H and O–H groups in total. The molecule has 1 fully saturated rings. The van der Waals surface area contributed by atoms with Crippen LogP contribution < -0.4 is 0 Å². The van der Waals surface area contributed by atoms with E-state index in [1.165, 1.54) is 30.2 Å². The fraction of sp³-hybridized carbons (Fsp3) is 0.571. The molecular weight excluding hydrogens is 330 g/mol. The van der Waals surface area contributed by atoms with Crippen LogP contribution in [0.2, 0.25) is 0 Å². The van der Waals surface area contributed by atoms with Gasteiger partial charge in [0, 0.05) is 11.6 Å². The Kier molecular flexibility index (Phi) is 5.78. The minimum absolute atomic E-state index is 0.243. The zero-order valence-corrected chi connectivity index (χ0v) is 16.1. The van der Waals surface area contributed by atoms with E-state index in [9.17, 15) is 8.42 Å². The normalized spacial score (nSPS) is 21.7. The van der Waals surface area contributed by atoms with Crippen molar-refractivity contribution in [3.8, 4) is 0 Å². The summed E-state index contributed by atoms with van der Waals surface area (Å²) in [7, 11) is -2.90. The van der Waals surface area contributed by atoms with Crippen LogP contribution in [0.1, 0.15) is 51.5 Å². The third-order valence-corrected chi connectivity index (χ3v) is 8.03. The molecular formula is C21H29NO2S. The number of benzene rings is 1. The van der Waals surface area contributed by atoms with Crippen LogP contribution in [0, 0.1) is 11.8 Å². The van der Waals surface area contributed by atoms with Crippen molar-refractivity contribution in [1.82, 2.24) is 4.98 Å². The summed E-state index contributed by atoms with van der Waals surface area (Å²) < 4.78 is 24.2. The lowest BCUT2D eigenvalue weighted by Crippen LogP contribution is -2.26. The van der Waals surface area contributed by atoms with Crippen molar-refractivity contribution in [2.24, 2.45) is 11.8 Å². The molecule has 1 saturated carbocycles. The number of rotatable bonds is 6. The summed E-state index contributed by atoms with van der Waals surface area (Å²) in [6.45, 7) is 3.58. The molecule has 1 aromatic heterocycles. The zero-order chi connectivity index (χ0) is 17.9. The first-order chi connectivity index (χ1) is 11.9. The summed E-state index contributed by atoms with van der Waals surface area (Å²) in [5.74, 6) is 1.49. The highest BCUT2D eigenvalue weighted by Crippen LogP contribution is 2.33. The number of aryl methyl sites for hydroxylation is 1. The first kappa shape index (κ1) is 18.4. The second-order valence-electron chi connectivity index (χ2n) is 7.83. The number of nitrogens with zero attached hydrogens (tertiary/aromatic N) is 1. The molecule has 3 rings (SSSR count). The zero-order valence-electron chi connectivity index (χ0n) is 15.3. The molecule has 1 aliphatic rings. The number of hydrogen-bond donors (Lipinski definition) is 0. The van der Waals surface area contributed by atoms with Crippen molar-refractivity contribution in [1.29, 1.82) is 0 Å². The summed E-state index contributed by atoms with van der Waals surface area (Å²) >= 11 is 0. The van der Waals surface area contributed by atoms with Crippen LogP contribution in [-0.2, 0) is 16.3 Å². The van der Waals surface area contributed by atoms with Crippen molar-refractivity contribution in [3.63, 3.8) is 0 Å². The maximum atomic E-state index is 12.1. The Labute approximate surface area is 151 Å². The Balaban J connectivity index is 1.49. The molecule has 0 aliphatic heterocycles. The largest absolute Gasteiger partial charge is 0.256 e. The predicted molar refractivity (Wildman–Crippen MR) is 104 cm³/mol. The summed E-state index contributed by atoms with van der Waals surface area (Å²) in [6.07, 6.45) is 8.62. The average molecular weight is 360 g/mol. The van der Waals surface area contributed by atoms with Crippen molar-refractivity contribution >= 4 is 20.7 Å². The average Bonchev–Trinajstić information content (AvgIpc) is 2.60. The number of sulfone groups is 1. The summed E-state index contributed by atoms with van der Waals surface area (Å²) in [5, 5.41) is 0.968. The molecule has 0 spiro atoms. The van der Waals surface area contributed by atoms with Gasteiger partial charge in [0.2, 0.25) is 0 Å². The third-order valence-electron chi connectivity index (χ3n) is 5.66. The van der Waals surface area contributed by atoms with E-state index in [4.69, 9.17) is 0 Å². The molecule has 25 heavy (non-hydrogen) atoms. The fourth-order valence-electron chi connectivity index (χ4n) is 3.86. The topological polar surface area (TPSA) is 47.0 Å². The van der Waals surface area contributed by atoms with Gasteiger partial charge in [0.15, 0.2) is 9.84 Å². The highest BCUT2D eigenvalue weighted by atomic mass is 32.2. The lowest BCUT2D eigenvalue weighted by atomic mass is 9.80. The Hall–Kier alpha value is -1.42. The third kappa shape index (κ3) is 4.81. The molecule has 4 heteroatoms. The van der Waals surface area contributed by atoms with E-state index < -0.39 is 9.84 Å². The van der Waals surface area contributed by atoms with Gasteiger partial charge in [-0.1, -0.05) is 25.0 Å². The lowest BCUT2D eigenvalue weighted by molar-refractivity contribution is 0.278. The van der Waals surface area contributed by atoms with Crippen LogP contribution in [0.4, 0.5) is 0 Å². The van der Waals surface area contributed by atoms with Gasteiger partial charge in [0.05, 0.1) is 16.5 Å². The molecule has 0 saturated heterocycles. The van der Waals surface area contributed by atoms with Crippen LogP contribution in [0.15, 0.2) is 36.5 Å². The van der Waals surface area contributed by atoms with E-state index in [0.717, 1.165) is 30.7 Å². The van der Waals surface area contributed by atoms with Gasteiger partial charge in [-0.15, -0.1) is 0 Å². The molecule has 1 heterocycles. The van der Waals surface area contributed by atoms with Crippen molar-refractivity contribution in [3.05, 3.63) is 42.1 Å². The Morgan fingerprint density at radius 2 is 1.80 bits per heavy atom. The number of aromatic nitrogens is 1. The van der Waals surface area contributed by atoms with Crippen LogP contribution in [0.25, 0.3) is 10.9 Å². The molecule has 3 nitrogen and oxygen atoms in total. The molecule has 2 aromatic rings. The molecule has 0 amide bonds. The van der Waals surface area contributed by atoms with Crippen molar-refractivity contribution in [2.45, 2.75) is 57.6 Å². The maximum Gasteiger partial charge on any atom is 0.152 e. The van der Waals surface area contributed by atoms with E-state index in [-0.39, 0.29) is 5.25 Å². The molecule has 0 atom stereocenters. The maximum absolute atomic E-state index is 12.1. The highest BCUT2D eigenvalue weighted by molar-refractivity contribution is 7.91. The fourth-order valence-corrected chi connectivity index (χ4v) is 5.23. The minimum Gasteiger partial charge on any atom is -0.256 e. The van der Waals surface area contributed by atoms with Gasteiger partial charge in [0.25, 0.3) is 0 Å². The molecule has 136 valence electrons. The van der Waals surface area contributed by atoms with E-state index in [0.29, 0.717) is 11.7 Å². The SMILES string of the molecule is CC(C)S(=O)(=O)CC1CCC(CCc2ccc3ncccc3c2)CC1. The second kappa shape index (κ2) is 7.86. The van der Waals surface area contributed by atoms with E-state index in [1.807, 2.05) is 12.3 Å². The quantitative estimate of drug-likeness (QED) is 0.744. The second-order valence-corrected chi connectivity index (χ2v) is 10.4. The smallest absolute Gasteiger partial charge is 0.152 e. The van der Waals surface area contributed by atoms with Gasteiger partial charge in [-0.2, -0.15) is 0 Å². The summed E-state index contributed by atoms with van der Waals surface area (Å²) in [6, 6.07) is 10.7.